The fraction of sp³-hybridized carbons (Fsp3) is 0. The number of hydrogen-bond acceptors (Lipinski definition) is 2. The van der Waals surface area contributed by atoms with Gasteiger partial charge in [0.1, 0.15) is 0 Å². The number of hydrogen-bond donors (Lipinski definition) is 3. The average Bonchev–Trinajstić information content (AvgIpc) is 1.41. The molecule has 0 saturated carbocycles. The van der Waals surface area contributed by atoms with Gasteiger partial charge in [0.2, 0.25) is 0 Å². The summed E-state index contributed by atoms with van der Waals surface area (Å²) in [5.74, 6) is 0. The summed E-state index contributed by atoms with van der Waals surface area (Å²) in [6.07, 6.45) is 0. The summed E-state index contributed by atoms with van der Waals surface area (Å²) in [6.45, 7) is 0. The highest BCUT2D eigenvalue weighted by Crippen LogP contribution is 1.98. The molecule has 1 atom stereocenters. The molecule has 0 aromatic rings. The van der Waals surface area contributed by atoms with E-state index in [-0.39, 0.29) is 0 Å². The Kier molecular flexibility index (Phi) is 14.8. The van der Waals surface area contributed by atoms with Crippen molar-refractivity contribution in [2.75, 3.05) is 0 Å². The van der Waals surface area contributed by atoms with Crippen molar-refractivity contribution in [1.29, 1.82) is 0 Å². The van der Waals surface area contributed by atoms with E-state index in [0.29, 0.717) is 0 Å². The van der Waals surface area contributed by atoms with Crippen LogP contribution in [-0.4, -0.2) is 9.79 Å². The van der Waals surface area contributed by atoms with E-state index in [1.54, 1.807) is 0 Å². The summed E-state index contributed by atoms with van der Waals surface area (Å²) in [4.78, 5) is 14.3. The molecule has 0 bridgehead atoms. The molecule has 0 rings (SSSR count). The molecule has 4 N–H and O–H groups in total. The van der Waals surface area contributed by atoms with Crippen LogP contribution < -0.4 is 5.50 Å². The van der Waals surface area contributed by atoms with Crippen LogP contribution in [0.15, 0.2) is 0 Å². The monoisotopic (exact) mass is 131 g/mol. The van der Waals surface area contributed by atoms with Gasteiger partial charge in [-0.2, -0.15) is 0 Å². The molecule has 6 heavy (non-hydrogen) atoms. The van der Waals surface area contributed by atoms with Gasteiger partial charge in [-0.25, -0.2) is 0 Å². The second kappa shape index (κ2) is 9.11. The van der Waals surface area contributed by atoms with Crippen molar-refractivity contribution in [2.24, 2.45) is 5.50 Å². The molecule has 0 aromatic heterocycles. The summed E-state index contributed by atoms with van der Waals surface area (Å²) >= 11 is 0. The highest BCUT2D eigenvalue weighted by Gasteiger charge is 1.61. The molecule has 0 amide bonds. The maximum atomic E-state index is 8.74. The topological polar surface area (TPSA) is 83.6 Å². The summed E-state index contributed by atoms with van der Waals surface area (Å²) in [5.41, 5.74) is 4.42. The maximum Gasteiger partial charge on any atom is 0.314 e. The molecule has 0 aliphatic heterocycles. The molecular formula is H7NO3P2. The lowest BCUT2D eigenvalue weighted by Crippen LogP contribution is -1.45. The van der Waals surface area contributed by atoms with E-state index >= 15 is 0 Å². The molecule has 0 aromatic carbocycles. The Balaban J connectivity index is 0. The van der Waals surface area contributed by atoms with Gasteiger partial charge < -0.3 is 15.3 Å². The Labute approximate surface area is 38.6 Å². The summed E-state index contributed by atoms with van der Waals surface area (Å²) < 4.78 is 8.74. The van der Waals surface area contributed by atoms with Crippen molar-refractivity contribution in [1.82, 2.24) is 0 Å². The highest BCUT2D eigenvalue weighted by molar-refractivity contribution is 7.30. The van der Waals surface area contributed by atoms with Gasteiger partial charge in [0.15, 0.2) is 0 Å². The molecule has 1 unspecified atom stereocenters. The number of rotatable bonds is 0. The zero-order valence-electron chi connectivity index (χ0n) is 2.96. The SMILES string of the molecule is NP.O=[PH](O)O. The molecule has 0 radical (unpaired) electrons. The minimum absolute atomic E-state index is 1.92. The zero-order chi connectivity index (χ0) is 5.58. The van der Waals surface area contributed by atoms with Crippen LogP contribution in [0.1, 0.15) is 0 Å². The minimum atomic E-state index is -3.13. The predicted octanol–water partition coefficient (Wildman–Crippen LogP) is -0.904. The second-order valence-electron chi connectivity index (χ2n) is 0.283. The van der Waals surface area contributed by atoms with E-state index in [0.717, 1.165) is 0 Å². The van der Waals surface area contributed by atoms with Crippen LogP contribution in [0.3, 0.4) is 0 Å². The van der Waals surface area contributed by atoms with E-state index in [1.165, 1.54) is 0 Å². The van der Waals surface area contributed by atoms with Gasteiger partial charge in [0.05, 0.1) is 0 Å². The third kappa shape index (κ3) is 195. The van der Waals surface area contributed by atoms with Crippen molar-refractivity contribution < 1.29 is 14.4 Å². The minimum Gasteiger partial charge on any atom is -0.326 e. The summed E-state index contributed by atoms with van der Waals surface area (Å²) in [7, 11) is -1.21. The van der Waals surface area contributed by atoms with Crippen LogP contribution in [0.5, 0.6) is 0 Å². The Hall–Kier alpha value is 0.540. The molecule has 4 nitrogen and oxygen atoms in total. The Morgan fingerprint density at radius 1 is 1.50 bits per heavy atom. The van der Waals surface area contributed by atoms with E-state index in [1.807, 2.05) is 9.39 Å². The third-order valence-electron chi connectivity index (χ3n) is 0. The molecule has 0 spiro atoms. The van der Waals surface area contributed by atoms with Crippen molar-refractivity contribution >= 4 is 17.6 Å². The predicted molar refractivity (Wildman–Crippen MR) is 27.3 cm³/mol. The van der Waals surface area contributed by atoms with Gasteiger partial charge in [0, 0.05) is 0 Å². The van der Waals surface area contributed by atoms with Gasteiger partial charge in [-0.1, -0.05) is 9.39 Å². The highest BCUT2D eigenvalue weighted by atomic mass is 31.1. The van der Waals surface area contributed by atoms with E-state index in [9.17, 15) is 0 Å². The van der Waals surface area contributed by atoms with Crippen molar-refractivity contribution in [3.05, 3.63) is 0 Å². The summed E-state index contributed by atoms with van der Waals surface area (Å²) in [5, 5.41) is 0. The van der Waals surface area contributed by atoms with Gasteiger partial charge in [-0.15, -0.1) is 0 Å². The molecule has 6 heteroatoms. The fourth-order valence-electron chi connectivity index (χ4n) is 0. The number of nitrogens with two attached hydrogens (primary N) is 1. The third-order valence-corrected chi connectivity index (χ3v) is 0. The average molecular weight is 131 g/mol. The first-order valence-corrected chi connectivity index (χ1v) is 2.95. The van der Waals surface area contributed by atoms with Crippen LogP contribution in [0, 0.1) is 0 Å². The second-order valence-corrected chi connectivity index (χ2v) is 0.848. The van der Waals surface area contributed by atoms with Gasteiger partial charge in [0.25, 0.3) is 0 Å². The lowest BCUT2D eigenvalue weighted by molar-refractivity contribution is 0.405. The smallest absolute Gasteiger partial charge is 0.314 e. The molecular weight excluding hydrogens is 124 g/mol. The van der Waals surface area contributed by atoms with E-state index in [2.05, 4.69) is 5.50 Å². The zero-order valence-corrected chi connectivity index (χ0v) is 5.11. The van der Waals surface area contributed by atoms with Crippen molar-refractivity contribution in [2.45, 2.75) is 0 Å². The fourth-order valence-corrected chi connectivity index (χ4v) is 0. The molecule has 0 aliphatic rings. The Bertz CT molecular complexity index is 31.8. The first kappa shape index (κ1) is 9.74. The lowest BCUT2D eigenvalue weighted by atomic mass is 13.9. The first-order chi connectivity index (χ1) is 2.73. The molecule has 0 saturated heterocycles. The van der Waals surface area contributed by atoms with Crippen LogP contribution in [-0.2, 0) is 4.57 Å². The van der Waals surface area contributed by atoms with Crippen LogP contribution in [0.4, 0.5) is 0 Å². The first-order valence-electron chi connectivity index (χ1n) is 0.985. The van der Waals surface area contributed by atoms with E-state index in [4.69, 9.17) is 14.4 Å². The van der Waals surface area contributed by atoms with Gasteiger partial charge in [-0.3, -0.25) is 4.57 Å². The molecule has 40 valence electrons. The lowest BCUT2D eigenvalue weighted by Gasteiger charge is -1.61. The van der Waals surface area contributed by atoms with E-state index < -0.39 is 8.25 Å². The summed E-state index contributed by atoms with van der Waals surface area (Å²) in [6, 6.07) is 0. The van der Waals surface area contributed by atoms with Crippen molar-refractivity contribution in [3.63, 3.8) is 0 Å². The largest absolute Gasteiger partial charge is 0.326 e. The normalized spacial score (nSPS) is 6.83. The van der Waals surface area contributed by atoms with Crippen molar-refractivity contribution in [3.8, 4) is 0 Å². The molecule has 0 heterocycles. The quantitative estimate of drug-likeness (QED) is 0.372. The van der Waals surface area contributed by atoms with Gasteiger partial charge >= 0.3 is 8.25 Å². The Morgan fingerprint density at radius 2 is 1.50 bits per heavy atom. The maximum absolute atomic E-state index is 8.74. The molecule has 0 aliphatic carbocycles. The van der Waals surface area contributed by atoms with Gasteiger partial charge in [-0.05, 0) is 0 Å². The van der Waals surface area contributed by atoms with Crippen LogP contribution >= 0.6 is 17.6 Å². The standard InChI is InChI=1S/H4NP.H3O3P/c1-2;1-4(2)3/h1-2H2;4H,(H2,1,2,3). The Morgan fingerprint density at radius 3 is 1.50 bits per heavy atom. The molecule has 0 fully saturated rings. The van der Waals surface area contributed by atoms with Crippen LogP contribution in [0.2, 0.25) is 0 Å². The van der Waals surface area contributed by atoms with Crippen LogP contribution in [0.25, 0.3) is 0 Å².